The lowest BCUT2D eigenvalue weighted by Gasteiger charge is -2.33. The van der Waals surface area contributed by atoms with E-state index in [4.69, 9.17) is 11.6 Å². The Morgan fingerprint density at radius 3 is 2.12 bits per heavy atom. The highest BCUT2D eigenvalue weighted by Crippen LogP contribution is 2.28. The minimum Gasteiger partial charge on any atom is -0.351 e. The van der Waals surface area contributed by atoms with E-state index in [1.807, 2.05) is 34.6 Å². The average Bonchev–Trinajstić information content (AvgIpc) is 2.50. The molecule has 0 aliphatic heterocycles. The predicted octanol–water partition coefficient (Wildman–Crippen LogP) is 3.99. The summed E-state index contributed by atoms with van der Waals surface area (Å²) in [5.41, 5.74) is 1.25. The van der Waals surface area contributed by atoms with Crippen molar-refractivity contribution in [3.63, 3.8) is 0 Å². The molecule has 0 saturated heterocycles. The standard InChI is InChI=1S/C19H31ClN2O3S/c1-8-17(19(23)21-18(12(2)3)13(4)5)22(26(7,24)25)15-10-9-14(6)16(20)11-15/h9-13,17-18H,8H2,1-7H3,(H,21,23)/t17-/m1/s1. The molecule has 0 radical (unpaired) electrons. The van der Waals surface area contributed by atoms with Crippen LogP contribution in [0.5, 0.6) is 0 Å². The first-order valence-corrected chi connectivity index (χ1v) is 11.2. The van der Waals surface area contributed by atoms with Crippen molar-refractivity contribution >= 4 is 33.2 Å². The van der Waals surface area contributed by atoms with E-state index in [-0.39, 0.29) is 23.8 Å². The molecular weight excluding hydrogens is 372 g/mol. The third kappa shape index (κ3) is 5.61. The van der Waals surface area contributed by atoms with Crippen molar-refractivity contribution in [2.24, 2.45) is 11.8 Å². The molecule has 0 aromatic heterocycles. The molecule has 148 valence electrons. The SMILES string of the molecule is CC[C@H](C(=O)NC(C(C)C)C(C)C)N(c1ccc(C)c(Cl)c1)S(C)(=O)=O. The van der Waals surface area contributed by atoms with Crippen molar-refractivity contribution < 1.29 is 13.2 Å². The number of nitrogens with one attached hydrogen (secondary N) is 1. The predicted molar refractivity (Wildman–Crippen MR) is 109 cm³/mol. The van der Waals surface area contributed by atoms with E-state index in [1.54, 1.807) is 25.1 Å². The number of hydrogen-bond donors (Lipinski definition) is 1. The van der Waals surface area contributed by atoms with Crippen molar-refractivity contribution in [1.82, 2.24) is 5.32 Å². The molecule has 26 heavy (non-hydrogen) atoms. The van der Waals surface area contributed by atoms with Gasteiger partial charge in [-0.1, -0.05) is 52.3 Å². The van der Waals surface area contributed by atoms with Crippen LogP contribution in [0.15, 0.2) is 18.2 Å². The van der Waals surface area contributed by atoms with Crippen molar-refractivity contribution in [3.05, 3.63) is 28.8 Å². The highest BCUT2D eigenvalue weighted by Gasteiger charge is 2.33. The van der Waals surface area contributed by atoms with Gasteiger partial charge >= 0.3 is 0 Å². The molecule has 0 unspecified atom stereocenters. The molecule has 5 nitrogen and oxygen atoms in total. The zero-order valence-corrected chi connectivity index (χ0v) is 18.3. The fraction of sp³-hybridized carbons (Fsp3) is 0.632. The molecule has 1 aromatic rings. The minimum absolute atomic E-state index is 0.0282. The Balaban J connectivity index is 3.30. The Morgan fingerprint density at radius 2 is 1.73 bits per heavy atom. The Kier molecular flexibility index (Phi) is 7.96. The Morgan fingerprint density at radius 1 is 1.19 bits per heavy atom. The summed E-state index contributed by atoms with van der Waals surface area (Å²) >= 11 is 6.18. The summed E-state index contributed by atoms with van der Waals surface area (Å²) in [7, 11) is -3.67. The number of aryl methyl sites for hydroxylation is 1. The monoisotopic (exact) mass is 402 g/mol. The molecule has 0 fully saturated rings. The lowest BCUT2D eigenvalue weighted by atomic mass is 9.93. The van der Waals surface area contributed by atoms with Crippen LogP contribution in [0.2, 0.25) is 5.02 Å². The van der Waals surface area contributed by atoms with E-state index in [0.29, 0.717) is 17.1 Å². The van der Waals surface area contributed by atoms with Gasteiger partial charge in [-0.25, -0.2) is 8.42 Å². The number of carbonyl (C=O) groups is 1. The number of hydrogen-bond acceptors (Lipinski definition) is 3. The van der Waals surface area contributed by atoms with E-state index in [1.165, 1.54) is 4.31 Å². The Labute approximate surface area is 163 Å². The van der Waals surface area contributed by atoms with Crippen LogP contribution in [0.3, 0.4) is 0 Å². The maximum Gasteiger partial charge on any atom is 0.244 e. The number of anilines is 1. The first kappa shape index (κ1) is 22.8. The smallest absolute Gasteiger partial charge is 0.244 e. The number of sulfonamides is 1. The van der Waals surface area contributed by atoms with Crippen LogP contribution in [0.25, 0.3) is 0 Å². The molecule has 0 heterocycles. The summed E-state index contributed by atoms with van der Waals surface area (Å²) in [6, 6.07) is 4.17. The molecule has 7 heteroatoms. The number of benzene rings is 1. The molecule has 1 rings (SSSR count). The van der Waals surface area contributed by atoms with Crippen molar-refractivity contribution in [1.29, 1.82) is 0 Å². The fourth-order valence-electron chi connectivity index (χ4n) is 3.14. The first-order valence-electron chi connectivity index (χ1n) is 8.96. The number of halogens is 1. The normalized spacial score (nSPS) is 13.3. The summed E-state index contributed by atoms with van der Waals surface area (Å²) in [4.78, 5) is 13.0. The van der Waals surface area contributed by atoms with Gasteiger partial charge in [0.05, 0.1) is 11.9 Å². The highest BCUT2D eigenvalue weighted by molar-refractivity contribution is 7.92. The molecule has 0 saturated carbocycles. The lowest BCUT2D eigenvalue weighted by molar-refractivity contribution is -0.123. The van der Waals surface area contributed by atoms with Crippen LogP contribution in [-0.2, 0) is 14.8 Å². The topological polar surface area (TPSA) is 66.5 Å². The molecule has 0 aliphatic carbocycles. The third-order valence-electron chi connectivity index (χ3n) is 4.49. The van der Waals surface area contributed by atoms with Gasteiger partial charge in [0.25, 0.3) is 0 Å². The van der Waals surface area contributed by atoms with Crippen molar-refractivity contribution in [2.45, 2.75) is 60.0 Å². The number of nitrogens with zero attached hydrogens (tertiary/aromatic N) is 1. The molecule has 1 aromatic carbocycles. The van der Waals surface area contributed by atoms with Gasteiger partial charge in [-0.3, -0.25) is 9.10 Å². The van der Waals surface area contributed by atoms with Gasteiger partial charge in [-0.15, -0.1) is 0 Å². The number of rotatable bonds is 8. The zero-order valence-electron chi connectivity index (χ0n) is 16.7. The van der Waals surface area contributed by atoms with E-state index < -0.39 is 16.1 Å². The van der Waals surface area contributed by atoms with Crippen LogP contribution in [0.4, 0.5) is 5.69 Å². The lowest BCUT2D eigenvalue weighted by Crippen LogP contribution is -2.53. The molecular formula is C19H31ClN2O3S. The van der Waals surface area contributed by atoms with Crippen LogP contribution in [-0.4, -0.2) is 32.7 Å². The van der Waals surface area contributed by atoms with Gasteiger partial charge in [0.2, 0.25) is 15.9 Å². The van der Waals surface area contributed by atoms with E-state index in [0.717, 1.165) is 11.8 Å². The van der Waals surface area contributed by atoms with Crippen LogP contribution < -0.4 is 9.62 Å². The second-order valence-electron chi connectivity index (χ2n) is 7.44. The molecule has 0 spiro atoms. The van der Waals surface area contributed by atoms with Gasteiger partial charge in [0.15, 0.2) is 0 Å². The summed E-state index contributed by atoms with van der Waals surface area (Å²) in [6.07, 6.45) is 1.46. The maximum absolute atomic E-state index is 13.0. The molecule has 1 atom stereocenters. The minimum atomic E-state index is -3.67. The number of carbonyl (C=O) groups excluding carboxylic acids is 1. The van der Waals surface area contributed by atoms with Crippen LogP contribution in [0, 0.1) is 18.8 Å². The summed E-state index contributed by atoms with van der Waals surface area (Å²) in [6.45, 7) is 11.8. The van der Waals surface area contributed by atoms with Crippen LogP contribution >= 0.6 is 11.6 Å². The van der Waals surface area contributed by atoms with Gasteiger partial charge in [-0.05, 0) is 42.9 Å². The average molecular weight is 403 g/mol. The highest BCUT2D eigenvalue weighted by atomic mass is 35.5. The quantitative estimate of drug-likeness (QED) is 0.714. The largest absolute Gasteiger partial charge is 0.351 e. The van der Waals surface area contributed by atoms with Gasteiger partial charge in [0, 0.05) is 11.1 Å². The second kappa shape index (κ2) is 9.09. The zero-order chi connectivity index (χ0) is 20.2. The molecule has 1 amide bonds. The Hall–Kier alpha value is -1.27. The van der Waals surface area contributed by atoms with Gasteiger partial charge in [-0.2, -0.15) is 0 Å². The maximum atomic E-state index is 13.0. The van der Waals surface area contributed by atoms with Gasteiger partial charge < -0.3 is 5.32 Å². The van der Waals surface area contributed by atoms with Gasteiger partial charge in [0.1, 0.15) is 6.04 Å². The summed E-state index contributed by atoms with van der Waals surface area (Å²) in [5, 5.41) is 3.50. The van der Waals surface area contributed by atoms with E-state index >= 15 is 0 Å². The second-order valence-corrected chi connectivity index (χ2v) is 9.71. The Bertz CT molecular complexity index is 724. The van der Waals surface area contributed by atoms with E-state index in [2.05, 4.69) is 5.32 Å². The third-order valence-corrected chi connectivity index (χ3v) is 6.07. The first-order chi connectivity index (χ1) is 11.9. The van der Waals surface area contributed by atoms with Crippen molar-refractivity contribution in [2.75, 3.05) is 10.6 Å². The van der Waals surface area contributed by atoms with Crippen LogP contribution in [0.1, 0.15) is 46.6 Å². The summed E-state index contributed by atoms with van der Waals surface area (Å²) in [5.74, 6) is 0.205. The molecule has 1 N–H and O–H groups in total. The summed E-state index contributed by atoms with van der Waals surface area (Å²) < 4.78 is 26.2. The fourth-order valence-corrected chi connectivity index (χ4v) is 4.52. The molecule has 0 aliphatic rings. The van der Waals surface area contributed by atoms with Crippen molar-refractivity contribution in [3.8, 4) is 0 Å². The van der Waals surface area contributed by atoms with E-state index in [9.17, 15) is 13.2 Å². The molecule has 0 bridgehead atoms. The number of amides is 1.